The zero-order valence-electron chi connectivity index (χ0n) is 9.80. The van der Waals surface area contributed by atoms with Gasteiger partial charge in [0, 0.05) is 19.4 Å². The van der Waals surface area contributed by atoms with Crippen LogP contribution in [-0.2, 0) is 4.79 Å². The first-order chi connectivity index (χ1) is 7.27. The van der Waals surface area contributed by atoms with Crippen LogP contribution in [0.5, 0.6) is 0 Å². The molecule has 2 rings (SSSR count). The third kappa shape index (κ3) is 2.71. The molecule has 3 nitrogen and oxygen atoms in total. The van der Waals surface area contributed by atoms with E-state index in [0.717, 1.165) is 25.9 Å². The third-order valence-electron chi connectivity index (χ3n) is 3.93. The number of rotatable bonds is 2. The van der Waals surface area contributed by atoms with Crippen molar-refractivity contribution in [2.75, 3.05) is 26.7 Å². The van der Waals surface area contributed by atoms with Crippen LogP contribution in [-0.4, -0.2) is 43.5 Å². The predicted octanol–water partition coefficient (Wildman–Crippen LogP) is 0.0661. The lowest BCUT2D eigenvalue weighted by Gasteiger charge is -2.35. The van der Waals surface area contributed by atoms with E-state index < -0.39 is 0 Å². The van der Waals surface area contributed by atoms with Gasteiger partial charge in [-0.1, -0.05) is 0 Å². The smallest absolute Gasteiger partial charge is 0.222 e. The molecule has 15 heavy (non-hydrogen) atoms. The fourth-order valence-corrected chi connectivity index (χ4v) is 2.81. The number of piperidine rings is 2. The zero-order chi connectivity index (χ0) is 10.7. The Morgan fingerprint density at radius 1 is 1.33 bits per heavy atom. The molecule has 0 aromatic carbocycles. The van der Waals surface area contributed by atoms with Crippen LogP contribution < -0.4 is 4.90 Å². The summed E-state index contributed by atoms with van der Waals surface area (Å²) in [7, 11) is 2.28. The van der Waals surface area contributed by atoms with Gasteiger partial charge in [0.15, 0.2) is 0 Å². The van der Waals surface area contributed by atoms with Gasteiger partial charge in [0.05, 0.1) is 20.1 Å². The molecule has 2 fully saturated rings. The Bertz CT molecular complexity index is 230. The molecule has 1 amide bonds. The highest BCUT2D eigenvalue weighted by atomic mass is 16.2. The Labute approximate surface area is 92.4 Å². The van der Waals surface area contributed by atoms with Gasteiger partial charge in [-0.15, -0.1) is 0 Å². The van der Waals surface area contributed by atoms with Crippen LogP contribution in [0.4, 0.5) is 0 Å². The van der Waals surface area contributed by atoms with Crippen LogP contribution in [0, 0.1) is 0 Å². The summed E-state index contributed by atoms with van der Waals surface area (Å²) >= 11 is 0. The molecule has 1 N–H and O–H groups in total. The Hall–Kier alpha value is -0.570. The molecule has 3 heteroatoms. The Balaban J connectivity index is 1.86. The predicted molar refractivity (Wildman–Crippen MR) is 59.8 cm³/mol. The average molecular weight is 211 g/mol. The minimum Gasteiger partial charge on any atom is -0.337 e. The van der Waals surface area contributed by atoms with E-state index in [1.54, 1.807) is 4.90 Å². The minimum absolute atomic E-state index is 0.389. The molecule has 0 aromatic rings. The highest BCUT2D eigenvalue weighted by Gasteiger charge is 2.27. The van der Waals surface area contributed by atoms with E-state index in [2.05, 4.69) is 11.9 Å². The maximum absolute atomic E-state index is 11.7. The molecule has 2 atom stereocenters. The number of hydrogen-bond acceptors (Lipinski definition) is 1. The lowest BCUT2D eigenvalue weighted by atomic mass is 10.0. The fraction of sp³-hybridized carbons (Fsp3) is 0.917. The van der Waals surface area contributed by atoms with E-state index in [1.807, 2.05) is 0 Å². The number of amides is 1. The van der Waals surface area contributed by atoms with E-state index in [1.165, 1.54) is 32.2 Å². The Morgan fingerprint density at radius 2 is 2.20 bits per heavy atom. The molecule has 2 aliphatic rings. The molecule has 0 spiro atoms. The van der Waals surface area contributed by atoms with Crippen LogP contribution in [0.1, 0.15) is 38.5 Å². The standard InChI is InChI=1S/C12H22N2O/c1-13-8-4-2-6-11(13)10-14-9-5-3-7-12(14)15/h11H,2-10H2,1H3/p+1. The van der Waals surface area contributed by atoms with Gasteiger partial charge < -0.3 is 9.80 Å². The van der Waals surface area contributed by atoms with E-state index in [9.17, 15) is 4.79 Å². The number of nitrogens with one attached hydrogen (secondary N) is 1. The summed E-state index contributed by atoms with van der Waals surface area (Å²) in [5.41, 5.74) is 0. The molecule has 0 bridgehead atoms. The fourth-order valence-electron chi connectivity index (χ4n) is 2.81. The van der Waals surface area contributed by atoms with Crippen molar-refractivity contribution in [2.45, 2.75) is 44.6 Å². The Morgan fingerprint density at radius 3 is 2.93 bits per heavy atom. The highest BCUT2D eigenvalue weighted by Crippen LogP contribution is 2.12. The second kappa shape index (κ2) is 4.97. The van der Waals surface area contributed by atoms with E-state index >= 15 is 0 Å². The zero-order valence-corrected chi connectivity index (χ0v) is 9.80. The van der Waals surface area contributed by atoms with Crippen molar-refractivity contribution in [3.63, 3.8) is 0 Å². The van der Waals surface area contributed by atoms with Crippen LogP contribution >= 0.6 is 0 Å². The number of likely N-dealkylation sites (tertiary alicyclic amines) is 2. The van der Waals surface area contributed by atoms with Crippen molar-refractivity contribution in [1.29, 1.82) is 0 Å². The average Bonchev–Trinajstić information content (AvgIpc) is 2.24. The molecule has 2 heterocycles. The first-order valence-electron chi connectivity index (χ1n) is 6.37. The van der Waals surface area contributed by atoms with E-state index in [-0.39, 0.29) is 0 Å². The third-order valence-corrected chi connectivity index (χ3v) is 3.93. The van der Waals surface area contributed by atoms with Crippen LogP contribution in [0.25, 0.3) is 0 Å². The summed E-state index contributed by atoms with van der Waals surface area (Å²) < 4.78 is 0. The maximum Gasteiger partial charge on any atom is 0.222 e. The number of carbonyl (C=O) groups excluding carboxylic acids is 1. The molecular formula is C12H23N2O+. The van der Waals surface area contributed by atoms with Crippen molar-refractivity contribution in [3.05, 3.63) is 0 Å². The molecule has 0 saturated carbocycles. The number of likely N-dealkylation sites (N-methyl/N-ethyl adjacent to an activating group) is 1. The van der Waals surface area contributed by atoms with Crippen LogP contribution in [0.15, 0.2) is 0 Å². The first-order valence-corrected chi connectivity index (χ1v) is 6.37. The topological polar surface area (TPSA) is 24.8 Å². The van der Waals surface area contributed by atoms with Gasteiger partial charge in [0.25, 0.3) is 0 Å². The second-order valence-corrected chi connectivity index (χ2v) is 5.09. The van der Waals surface area contributed by atoms with Crippen molar-refractivity contribution < 1.29 is 9.69 Å². The van der Waals surface area contributed by atoms with Crippen molar-refractivity contribution in [3.8, 4) is 0 Å². The van der Waals surface area contributed by atoms with Crippen LogP contribution in [0.2, 0.25) is 0 Å². The minimum atomic E-state index is 0.389. The summed E-state index contributed by atoms with van der Waals surface area (Å²) in [4.78, 5) is 15.4. The van der Waals surface area contributed by atoms with Gasteiger partial charge in [-0.3, -0.25) is 4.79 Å². The second-order valence-electron chi connectivity index (χ2n) is 5.09. The lowest BCUT2D eigenvalue weighted by molar-refractivity contribution is -0.910. The van der Waals surface area contributed by atoms with Gasteiger partial charge >= 0.3 is 0 Å². The number of nitrogens with zero attached hydrogens (tertiary/aromatic N) is 1. The molecule has 2 unspecified atom stereocenters. The molecular weight excluding hydrogens is 188 g/mol. The molecule has 0 aromatic heterocycles. The summed E-state index contributed by atoms with van der Waals surface area (Å²) in [6.45, 7) is 3.29. The summed E-state index contributed by atoms with van der Waals surface area (Å²) in [6.07, 6.45) is 7.10. The molecule has 2 aliphatic heterocycles. The van der Waals surface area contributed by atoms with Gasteiger partial charge in [0.1, 0.15) is 6.04 Å². The summed E-state index contributed by atoms with van der Waals surface area (Å²) in [5.74, 6) is 0.389. The molecule has 2 saturated heterocycles. The van der Waals surface area contributed by atoms with Crippen molar-refractivity contribution in [2.24, 2.45) is 0 Å². The van der Waals surface area contributed by atoms with Crippen LogP contribution in [0.3, 0.4) is 0 Å². The maximum atomic E-state index is 11.7. The van der Waals surface area contributed by atoms with E-state index in [4.69, 9.17) is 0 Å². The first kappa shape index (κ1) is 10.9. The number of hydrogen-bond donors (Lipinski definition) is 1. The van der Waals surface area contributed by atoms with Gasteiger partial charge in [-0.2, -0.15) is 0 Å². The monoisotopic (exact) mass is 211 g/mol. The van der Waals surface area contributed by atoms with Gasteiger partial charge in [0.2, 0.25) is 5.91 Å². The van der Waals surface area contributed by atoms with Crippen molar-refractivity contribution in [1.82, 2.24) is 4.90 Å². The Kier molecular flexibility index (Phi) is 3.62. The number of carbonyl (C=O) groups is 1. The quantitative estimate of drug-likeness (QED) is 0.687. The van der Waals surface area contributed by atoms with Gasteiger partial charge in [-0.25, -0.2) is 0 Å². The van der Waals surface area contributed by atoms with E-state index in [0.29, 0.717) is 11.9 Å². The normalized spacial score (nSPS) is 33.1. The SMILES string of the molecule is C[NH+]1CCCCC1CN1CCCCC1=O. The molecule has 0 radical (unpaired) electrons. The summed E-state index contributed by atoms with van der Waals surface area (Å²) in [5, 5.41) is 0. The highest BCUT2D eigenvalue weighted by molar-refractivity contribution is 5.76. The molecule has 86 valence electrons. The summed E-state index contributed by atoms with van der Waals surface area (Å²) in [6, 6.07) is 0.695. The number of quaternary nitrogens is 1. The van der Waals surface area contributed by atoms with Crippen molar-refractivity contribution >= 4 is 5.91 Å². The van der Waals surface area contributed by atoms with Gasteiger partial charge in [-0.05, 0) is 25.7 Å². The molecule has 0 aliphatic carbocycles. The lowest BCUT2D eigenvalue weighted by Crippen LogP contribution is -3.14. The largest absolute Gasteiger partial charge is 0.337 e.